The fraction of sp³-hybridized carbons (Fsp3) is 0.417. The number of cyclic esters (lactones) is 1. The van der Waals surface area contributed by atoms with E-state index in [2.05, 4.69) is 15.9 Å². The van der Waals surface area contributed by atoms with Gasteiger partial charge in [0.15, 0.2) is 0 Å². The number of halogens is 2. The summed E-state index contributed by atoms with van der Waals surface area (Å²) < 4.78 is 6.02. The summed E-state index contributed by atoms with van der Waals surface area (Å²) in [7, 11) is 0. The van der Waals surface area contributed by atoms with Crippen molar-refractivity contribution in [3.8, 4) is 0 Å². The van der Waals surface area contributed by atoms with Crippen molar-refractivity contribution in [2.24, 2.45) is 5.41 Å². The molecule has 1 spiro atoms. The molecule has 0 radical (unpaired) electrons. The molecule has 1 aromatic carbocycles. The number of benzene rings is 1. The summed E-state index contributed by atoms with van der Waals surface area (Å²) in [4.78, 5) is 11.6. The average Bonchev–Trinajstić information content (AvgIpc) is 2.82. The van der Waals surface area contributed by atoms with Gasteiger partial charge >= 0.3 is 5.97 Å². The van der Waals surface area contributed by atoms with Crippen LogP contribution in [0.5, 0.6) is 0 Å². The van der Waals surface area contributed by atoms with E-state index in [0.29, 0.717) is 6.61 Å². The van der Waals surface area contributed by atoms with Gasteiger partial charge in [-0.05, 0) is 30.5 Å². The topological polar surface area (TPSA) is 26.3 Å². The van der Waals surface area contributed by atoms with Gasteiger partial charge in [0.2, 0.25) is 0 Å². The maximum atomic E-state index is 11.6. The highest BCUT2D eigenvalue weighted by Gasteiger charge is 2.64. The average molecular weight is 302 g/mol. The van der Waals surface area contributed by atoms with Gasteiger partial charge in [-0.1, -0.05) is 33.6 Å². The van der Waals surface area contributed by atoms with Gasteiger partial charge in [0, 0.05) is 15.4 Å². The molecule has 2 aliphatic rings. The van der Waals surface area contributed by atoms with Crippen LogP contribution in [0.4, 0.5) is 0 Å². The van der Waals surface area contributed by atoms with Crippen molar-refractivity contribution in [1.82, 2.24) is 0 Å². The summed E-state index contributed by atoms with van der Waals surface area (Å²) in [5, 5.41) is 0.732. The quantitative estimate of drug-likeness (QED) is 0.742. The van der Waals surface area contributed by atoms with Gasteiger partial charge in [-0.25, -0.2) is 0 Å². The Labute approximate surface area is 107 Å². The predicted molar refractivity (Wildman–Crippen MR) is 64.5 cm³/mol. The van der Waals surface area contributed by atoms with Crippen LogP contribution in [0.3, 0.4) is 0 Å². The molecule has 2 fully saturated rings. The fourth-order valence-corrected chi connectivity index (χ4v) is 3.38. The number of hydrogen-bond acceptors (Lipinski definition) is 2. The molecule has 2 atom stereocenters. The molecular weight excluding hydrogens is 291 g/mol. The Morgan fingerprint density at radius 2 is 2.31 bits per heavy atom. The zero-order valence-corrected chi connectivity index (χ0v) is 10.8. The molecule has 0 amide bonds. The zero-order valence-electron chi connectivity index (χ0n) is 8.50. The molecular formula is C12H10BrClO2. The number of carbonyl (C=O) groups is 1. The fourth-order valence-electron chi connectivity index (χ4n) is 2.57. The zero-order chi connectivity index (χ0) is 11.3. The van der Waals surface area contributed by atoms with Crippen molar-refractivity contribution in [1.29, 1.82) is 0 Å². The van der Waals surface area contributed by atoms with Crippen LogP contribution in [-0.2, 0) is 9.53 Å². The van der Waals surface area contributed by atoms with E-state index in [1.807, 2.05) is 18.2 Å². The molecule has 3 rings (SSSR count). The van der Waals surface area contributed by atoms with Gasteiger partial charge in [0.05, 0.1) is 12.0 Å². The Balaban J connectivity index is 1.93. The minimum absolute atomic E-state index is 0.0449. The third-order valence-electron chi connectivity index (χ3n) is 3.60. The lowest BCUT2D eigenvalue weighted by Crippen LogP contribution is -2.10. The summed E-state index contributed by atoms with van der Waals surface area (Å²) in [5.41, 5.74) is 0.820. The molecule has 84 valence electrons. The lowest BCUT2D eigenvalue weighted by molar-refractivity contribution is -0.142. The van der Waals surface area contributed by atoms with Crippen molar-refractivity contribution in [3.63, 3.8) is 0 Å². The van der Waals surface area contributed by atoms with E-state index >= 15 is 0 Å². The minimum atomic E-state index is -0.253. The molecule has 0 bridgehead atoms. The van der Waals surface area contributed by atoms with Crippen LogP contribution < -0.4 is 0 Å². The number of rotatable bonds is 1. The second-order valence-electron chi connectivity index (χ2n) is 4.46. The smallest absolute Gasteiger partial charge is 0.312 e. The molecule has 1 aliphatic heterocycles. The second kappa shape index (κ2) is 3.47. The van der Waals surface area contributed by atoms with Crippen molar-refractivity contribution in [2.75, 3.05) is 6.61 Å². The van der Waals surface area contributed by atoms with Crippen LogP contribution in [-0.4, -0.2) is 12.6 Å². The van der Waals surface area contributed by atoms with E-state index < -0.39 is 0 Å². The summed E-state index contributed by atoms with van der Waals surface area (Å²) in [5.74, 6) is 0.208. The highest BCUT2D eigenvalue weighted by atomic mass is 79.9. The highest BCUT2D eigenvalue weighted by Crippen LogP contribution is 2.65. The van der Waals surface area contributed by atoms with Crippen molar-refractivity contribution in [3.05, 3.63) is 33.3 Å². The van der Waals surface area contributed by atoms with Gasteiger partial charge in [0.1, 0.15) is 0 Å². The maximum Gasteiger partial charge on any atom is 0.312 e. The summed E-state index contributed by atoms with van der Waals surface area (Å²) in [6.45, 7) is 0.559. The van der Waals surface area contributed by atoms with E-state index in [1.165, 1.54) is 0 Å². The molecule has 0 N–H and O–H groups in total. The normalized spacial score (nSPS) is 31.9. The molecule has 1 aromatic rings. The Morgan fingerprint density at radius 3 is 2.94 bits per heavy atom. The lowest BCUT2D eigenvalue weighted by Gasteiger charge is -2.07. The Bertz CT molecular complexity index is 474. The van der Waals surface area contributed by atoms with Crippen molar-refractivity contribution < 1.29 is 9.53 Å². The molecule has 16 heavy (non-hydrogen) atoms. The van der Waals surface area contributed by atoms with Gasteiger partial charge in [-0.3, -0.25) is 4.79 Å². The van der Waals surface area contributed by atoms with E-state index in [-0.39, 0.29) is 17.3 Å². The monoisotopic (exact) mass is 300 g/mol. The van der Waals surface area contributed by atoms with E-state index in [4.69, 9.17) is 16.3 Å². The van der Waals surface area contributed by atoms with Gasteiger partial charge in [-0.15, -0.1) is 0 Å². The largest absolute Gasteiger partial charge is 0.465 e. The van der Waals surface area contributed by atoms with Gasteiger partial charge < -0.3 is 4.74 Å². The first-order valence-corrected chi connectivity index (χ1v) is 6.43. The van der Waals surface area contributed by atoms with Crippen LogP contribution >= 0.6 is 27.5 Å². The van der Waals surface area contributed by atoms with Crippen LogP contribution in [0.1, 0.15) is 24.3 Å². The van der Waals surface area contributed by atoms with E-state index in [1.54, 1.807) is 0 Å². The molecule has 4 heteroatoms. The number of ether oxygens (including phenoxy) is 1. The SMILES string of the molecule is O=C1OCC[C@@]12C[C@@H]2c1ccc(Br)cc1Cl. The first-order chi connectivity index (χ1) is 7.63. The molecule has 0 unspecified atom stereocenters. The van der Waals surface area contributed by atoms with Crippen molar-refractivity contribution in [2.45, 2.75) is 18.8 Å². The Hall–Kier alpha value is -0.540. The standard InChI is InChI=1S/C12H10BrClO2/c13-7-1-2-8(10(14)5-7)9-6-12(9)3-4-16-11(12)15/h1-2,5,9H,3-4,6H2/t9-,12+/m1/s1. The van der Waals surface area contributed by atoms with E-state index in [0.717, 1.165) is 27.9 Å². The number of hydrogen-bond donors (Lipinski definition) is 0. The van der Waals surface area contributed by atoms with Gasteiger partial charge in [0.25, 0.3) is 0 Å². The summed E-state index contributed by atoms with van der Waals surface area (Å²) >= 11 is 9.57. The predicted octanol–water partition coefficient (Wildman–Crippen LogP) is 3.52. The Kier molecular flexibility index (Phi) is 2.30. The van der Waals surface area contributed by atoms with Crippen LogP contribution in [0, 0.1) is 5.41 Å². The first kappa shape index (κ1) is 10.6. The molecule has 1 heterocycles. The summed E-state index contributed by atoms with van der Waals surface area (Å²) in [6, 6.07) is 5.84. The summed E-state index contributed by atoms with van der Waals surface area (Å²) in [6.07, 6.45) is 1.72. The third kappa shape index (κ3) is 1.41. The van der Waals surface area contributed by atoms with E-state index in [9.17, 15) is 4.79 Å². The van der Waals surface area contributed by atoms with Crippen LogP contribution in [0.2, 0.25) is 5.02 Å². The second-order valence-corrected chi connectivity index (χ2v) is 5.79. The van der Waals surface area contributed by atoms with Crippen LogP contribution in [0.25, 0.3) is 0 Å². The minimum Gasteiger partial charge on any atom is -0.465 e. The Morgan fingerprint density at radius 1 is 1.50 bits per heavy atom. The third-order valence-corrected chi connectivity index (χ3v) is 4.42. The molecule has 2 nitrogen and oxygen atoms in total. The molecule has 1 saturated carbocycles. The first-order valence-electron chi connectivity index (χ1n) is 5.26. The number of esters is 1. The molecule has 1 aliphatic carbocycles. The highest BCUT2D eigenvalue weighted by molar-refractivity contribution is 9.10. The molecule has 1 saturated heterocycles. The molecule has 0 aromatic heterocycles. The van der Waals surface area contributed by atoms with Crippen LogP contribution in [0.15, 0.2) is 22.7 Å². The maximum absolute atomic E-state index is 11.6. The van der Waals surface area contributed by atoms with Crippen molar-refractivity contribution >= 4 is 33.5 Å². The number of carbonyl (C=O) groups excluding carboxylic acids is 1. The van der Waals surface area contributed by atoms with Gasteiger partial charge in [-0.2, -0.15) is 0 Å². The lowest BCUT2D eigenvalue weighted by atomic mass is 9.98.